The molecule has 2 atom stereocenters. The smallest absolute Gasteiger partial charge is 0.207 e. The molecule has 0 aromatic heterocycles. The van der Waals surface area contributed by atoms with Crippen LogP contribution in [0, 0.1) is 0 Å². The molecule has 0 amide bonds. The second-order valence-electron chi connectivity index (χ2n) is 2.48. The molecule has 2 nitrogen and oxygen atoms in total. The van der Waals surface area contributed by atoms with Crippen molar-refractivity contribution in [3.8, 4) is 0 Å². The van der Waals surface area contributed by atoms with Gasteiger partial charge in [0.05, 0.1) is 6.61 Å². The van der Waals surface area contributed by atoms with Crippen LogP contribution in [0.25, 0.3) is 0 Å². The number of hydrogen-bond acceptors (Lipinski definition) is 2. The maximum Gasteiger partial charge on any atom is 0.207 e. The fourth-order valence-electron chi connectivity index (χ4n) is 1.42. The maximum absolute atomic E-state index is 5.88. The average Bonchev–Trinajstić information content (AvgIpc) is 2.35. The molecule has 0 aromatic carbocycles. The lowest BCUT2D eigenvalue weighted by Gasteiger charge is -2.13. The van der Waals surface area contributed by atoms with Crippen molar-refractivity contribution in [1.29, 1.82) is 0 Å². The largest absolute Gasteiger partial charge is 0.330 e. The van der Waals surface area contributed by atoms with Crippen LogP contribution < -0.4 is 0 Å². The second-order valence-corrected chi connectivity index (χ2v) is 4.57. The van der Waals surface area contributed by atoms with Crippen molar-refractivity contribution in [2.75, 3.05) is 13.2 Å². The highest BCUT2D eigenvalue weighted by Crippen LogP contribution is 2.55. The lowest BCUT2D eigenvalue weighted by molar-refractivity contribution is 0.342. The van der Waals surface area contributed by atoms with Crippen molar-refractivity contribution in [1.82, 2.24) is 4.67 Å². The minimum atomic E-state index is -0.700. The number of halogens is 1. The van der Waals surface area contributed by atoms with Gasteiger partial charge in [0.15, 0.2) is 0 Å². The van der Waals surface area contributed by atoms with Crippen LogP contribution in [-0.2, 0) is 4.52 Å². The Bertz CT molecular complexity index is 124. The molecule has 0 aromatic rings. The van der Waals surface area contributed by atoms with Gasteiger partial charge < -0.3 is 4.52 Å². The number of rotatable bonds is 0. The van der Waals surface area contributed by atoms with E-state index < -0.39 is 7.65 Å². The van der Waals surface area contributed by atoms with Crippen LogP contribution in [0.4, 0.5) is 0 Å². The molecular formula is C5H9ClNOP. The first-order valence-electron chi connectivity index (χ1n) is 3.23. The zero-order valence-electron chi connectivity index (χ0n) is 5.09. The molecule has 9 heavy (non-hydrogen) atoms. The van der Waals surface area contributed by atoms with E-state index in [-0.39, 0.29) is 0 Å². The Morgan fingerprint density at radius 2 is 2.56 bits per heavy atom. The summed E-state index contributed by atoms with van der Waals surface area (Å²) in [7, 11) is -0.700. The van der Waals surface area contributed by atoms with Crippen molar-refractivity contribution in [2.45, 2.75) is 18.9 Å². The Hall–Kier alpha value is 0.640. The van der Waals surface area contributed by atoms with Gasteiger partial charge in [-0.25, -0.2) is 4.67 Å². The molecule has 0 N–H and O–H groups in total. The van der Waals surface area contributed by atoms with Gasteiger partial charge >= 0.3 is 0 Å². The lowest BCUT2D eigenvalue weighted by Crippen LogP contribution is -2.18. The van der Waals surface area contributed by atoms with Crippen molar-refractivity contribution in [3.05, 3.63) is 0 Å². The molecule has 0 bridgehead atoms. The van der Waals surface area contributed by atoms with E-state index in [1.54, 1.807) is 0 Å². The third-order valence-corrected chi connectivity index (χ3v) is 4.09. The van der Waals surface area contributed by atoms with Crippen molar-refractivity contribution in [3.63, 3.8) is 0 Å². The Labute approximate surface area is 60.8 Å². The van der Waals surface area contributed by atoms with Gasteiger partial charge in [-0.05, 0) is 24.1 Å². The number of fused-ring (bicyclic) bond motifs is 1. The normalized spacial score (nSPS) is 43.7. The van der Waals surface area contributed by atoms with Gasteiger partial charge in [-0.3, -0.25) is 0 Å². The first-order chi connectivity index (χ1) is 4.38. The van der Waals surface area contributed by atoms with E-state index >= 15 is 0 Å². The van der Waals surface area contributed by atoms with E-state index in [2.05, 4.69) is 4.67 Å². The number of nitrogens with zero attached hydrogens (tertiary/aromatic N) is 1. The summed E-state index contributed by atoms with van der Waals surface area (Å²) >= 11 is 5.88. The molecule has 0 radical (unpaired) electrons. The molecule has 0 spiro atoms. The Kier molecular flexibility index (Phi) is 1.66. The van der Waals surface area contributed by atoms with Gasteiger partial charge in [0, 0.05) is 12.6 Å². The van der Waals surface area contributed by atoms with Crippen LogP contribution in [-0.4, -0.2) is 23.9 Å². The number of hydrogen-bond donors (Lipinski definition) is 0. The fourth-order valence-corrected chi connectivity index (χ4v) is 3.37. The molecule has 52 valence electrons. The van der Waals surface area contributed by atoms with E-state index in [4.69, 9.17) is 15.8 Å². The van der Waals surface area contributed by atoms with E-state index in [9.17, 15) is 0 Å². The summed E-state index contributed by atoms with van der Waals surface area (Å²) < 4.78 is 7.56. The minimum Gasteiger partial charge on any atom is -0.330 e. The summed E-state index contributed by atoms with van der Waals surface area (Å²) in [5.74, 6) is 0. The molecule has 0 unspecified atom stereocenters. The first kappa shape index (κ1) is 6.36. The third-order valence-electron chi connectivity index (χ3n) is 1.92. The zero-order valence-corrected chi connectivity index (χ0v) is 6.74. The molecule has 2 heterocycles. The summed E-state index contributed by atoms with van der Waals surface area (Å²) in [4.78, 5) is 0. The summed E-state index contributed by atoms with van der Waals surface area (Å²) in [6.07, 6.45) is 2.59. The van der Waals surface area contributed by atoms with E-state index in [0.717, 1.165) is 13.2 Å². The van der Waals surface area contributed by atoms with Gasteiger partial charge in [-0.1, -0.05) is 0 Å². The molecule has 4 heteroatoms. The van der Waals surface area contributed by atoms with Gasteiger partial charge in [0.1, 0.15) is 0 Å². The highest BCUT2D eigenvalue weighted by atomic mass is 35.7. The van der Waals surface area contributed by atoms with Crippen molar-refractivity contribution < 1.29 is 4.52 Å². The first-order valence-corrected chi connectivity index (χ1v) is 5.35. The van der Waals surface area contributed by atoms with Crippen LogP contribution in [0.3, 0.4) is 0 Å². The second kappa shape index (κ2) is 2.35. The van der Waals surface area contributed by atoms with Crippen LogP contribution >= 0.6 is 18.9 Å². The van der Waals surface area contributed by atoms with E-state index in [1.807, 2.05) is 0 Å². The highest BCUT2D eigenvalue weighted by molar-refractivity contribution is 7.78. The van der Waals surface area contributed by atoms with E-state index in [0.29, 0.717) is 6.04 Å². The van der Waals surface area contributed by atoms with Crippen LogP contribution in [0.5, 0.6) is 0 Å². The topological polar surface area (TPSA) is 12.5 Å². The standard InChI is InChI=1S/C5H9ClNOP/c6-9-7-3-1-2-5(7)4-8-9/h5H,1-4H2/t5-,9-/m0/s1. The quantitative estimate of drug-likeness (QED) is 0.509. The summed E-state index contributed by atoms with van der Waals surface area (Å²) in [6, 6.07) is 0.661. The summed E-state index contributed by atoms with van der Waals surface area (Å²) in [6.45, 7) is 2.02. The molecule has 2 saturated heterocycles. The van der Waals surface area contributed by atoms with Crippen molar-refractivity contribution in [2.24, 2.45) is 0 Å². The molecule has 2 rings (SSSR count). The fraction of sp³-hybridized carbons (Fsp3) is 1.00. The Morgan fingerprint density at radius 3 is 3.33 bits per heavy atom. The highest BCUT2D eigenvalue weighted by Gasteiger charge is 2.37. The van der Waals surface area contributed by atoms with Crippen LogP contribution in [0.15, 0.2) is 0 Å². The third kappa shape index (κ3) is 0.988. The summed E-state index contributed by atoms with van der Waals surface area (Å²) in [5, 5.41) is 0. The van der Waals surface area contributed by atoms with Gasteiger partial charge in [-0.15, -0.1) is 0 Å². The monoisotopic (exact) mass is 165 g/mol. The van der Waals surface area contributed by atoms with Gasteiger partial charge in [0.2, 0.25) is 7.65 Å². The SMILES string of the molecule is Cl[P@]1OC[C@@H]2CCCN21. The van der Waals surface area contributed by atoms with Crippen LogP contribution in [0.2, 0.25) is 0 Å². The van der Waals surface area contributed by atoms with Gasteiger partial charge in [-0.2, -0.15) is 0 Å². The van der Waals surface area contributed by atoms with E-state index in [1.165, 1.54) is 12.8 Å². The summed E-state index contributed by atoms with van der Waals surface area (Å²) in [5.41, 5.74) is 0. The molecule has 2 fully saturated rings. The molecule has 2 aliphatic rings. The average molecular weight is 166 g/mol. The Balaban J connectivity index is 2.07. The van der Waals surface area contributed by atoms with Gasteiger partial charge in [0.25, 0.3) is 0 Å². The molecular weight excluding hydrogens is 156 g/mol. The predicted molar refractivity (Wildman–Crippen MR) is 38.5 cm³/mol. The predicted octanol–water partition coefficient (Wildman–Crippen LogP) is 1.95. The minimum absolute atomic E-state index is 0.661. The zero-order chi connectivity index (χ0) is 6.27. The maximum atomic E-state index is 5.88. The Morgan fingerprint density at radius 1 is 1.67 bits per heavy atom. The molecule has 0 saturated carbocycles. The van der Waals surface area contributed by atoms with Crippen molar-refractivity contribution >= 4 is 18.9 Å². The van der Waals surface area contributed by atoms with Crippen LogP contribution in [0.1, 0.15) is 12.8 Å². The molecule has 2 aliphatic heterocycles. The lowest BCUT2D eigenvalue weighted by atomic mass is 10.2. The molecule has 0 aliphatic carbocycles.